The maximum atomic E-state index is 12.7. The highest BCUT2D eigenvalue weighted by Gasteiger charge is 2.34. The van der Waals surface area contributed by atoms with Gasteiger partial charge in [0.15, 0.2) is 0 Å². The van der Waals surface area contributed by atoms with E-state index in [2.05, 4.69) is 5.32 Å². The number of nitrogens with zero attached hydrogens (tertiary/aromatic N) is 1. The lowest BCUT2D eigenvalue weighted by atomic mass is 9.98. The second kappa shape index (κ2) is 7.15. The molecule has 0 aliphatic carbocycles. The molecule has 1 aliphatic rings. The normalized spacial score (nSPS) is 18.8. The van der Waals surface area contributed by atoms with E-state index in [9.17, 15) is 18.3 Å². The van der Waals surface area contributed by atoms with Crippen LogP contribution in [0.5, 0.6) is 5.75 Å². The van der Waals surface area contributed by atoms with Gasteiger partial charge in [-0.15, -0.1) is 11.3 Å². The summed E-state index contributed by atoms with van der Waals surface area (Å²) in [5.41, 5.74) is 0.335. The van der Waals surface area contributed by atoms with Gasteiger partial charge in [0, 0.05) is 18.0 Å². The molecule has 1 amide bonds. The minimum absolute atomic E-state index is 0.00908. The fraction of sp³-hybridized carbons (Fsp3) is 0.353. The highest BCUT2D eigenvalue weighted by molar-refractivity contribution is 7.91. The first-order valence-electron chi connectivity index (χ1n) is 8.03. The third kappa shape index (κ3) is 3.86. The number of carbonyl (C=O) groups excluding carboxylic acids is 1. The van der Waals surface area contributed by atoms with Crippen molar-refractivity contribution in [3.05, 3.63) is 41.3 Å². The van der Waals surface area contributed by atoms with E-state index < -0.39 is 15.9 Å². The Kier molecular flexibility index (Phi) is 5.12. The van der Waals surface area contributed by atoms with Crippen LogP contribution in [-0.4, -0.2) is 36.8 Å². The number of phenols is 1. The third-order valence-corrected chi connectivity index (χ3v) is 7.56. The molecule has 1 unspecified atom stereocenters. The van der Waals surface area contributed by atoms with Crippen LogP contribution >= 0.6 is 11.3 Å². The van der Waals surface area contributed by atoms with Crippen LogP contribution in [0.2, 0.25) is 0 Å². The quantitative estimate of drug-likeness (QED) is 0.799. The number of aromatic hydroxyl groups is 1. The smallest absolute Gasteiger partial charge is 0.252 e. The topological polar surface area (TPSA) is 86.7 Å². The Bertz CT molecular complexity index is 876. The van der Waals surface area contributed by atoms with E-state index >= 15 is 0 Å². The van der Waals surface area contributed by atoms with Crippen LogP contribution in [0, 0.1) is 12.8 Å². The number of carbonyl (C=O) groups is 1. The molecule has 1 aliphatic heterocycles. The number of hydrogen-bond donors (Lipinski definition) is 2. The number of piperidine rings is 1. The van der Waals surface area contributed by atoms with Crippen LogP contribution in [0.1, 0.15) is 17.7 Å². The van der Waals surface area contributed by atoms with Gasteiger partial charge in [0.25, 0.3) is 10.0 Å². The van der Waals surface area contributed by atoms with Gasteiger partial charge in [0.05, 0.1) is 11.6 Å². The number of hydrogen-bond acceptors (Lipinski definition) is 5. The van der Waals surface area contributed by atoms with Crippen molar-refractivity contribution in [2.24, 2.45) is 5.92 Å². The van der Waals surface area contributed by atoms with Crippen molar-refractivity contribution in [1.82, 2.24) is 4.31 Å². The van der Waals surface area contributed by atoms with Crippen molar-refractivity contribution in [3.63, 3.8) is 0 Å². The molecule has 0 spiro atoms. The molecule has 134 valence electrons. The lowest BCUT2D eigenvalue weighted by Crippen LogP contribution is -2.43. The van der Waals surface area contributed by atoms with Crippen LogP contribution in [0.3, 0.4) is 0 Å². The first kappa shape index (κ1) is 17.9. The number of nitrogens with one attached hydrogen (secondary N) is 1. The first-order chi connectivity index (χ1) is 11.9. The molecule has 2 aromatic rings. The van der Waals surface area contributed by atoms with Gasteiger partial charge in [-0.2, -0.15) is 4.31 Å². The fourth-order valence-electron chi connectivity index (χ4n) is 2.87. The maximum absolute atomic E-state index is 12.7. The largest absolute Gasteiger partial charge is 0.506 e. The summed E-state index contributed by atoms with van der Waals surface area (Å²) in [6, 6.07) is 9.88. The van der Waals surface area contributed by atoms with E-state index in [0.717, 1.165) is 4.88 Å². The number of aryl methyl sites for hydroxylation is 1. The van der Waals surface area contributed by atoms with E-state index in [1.807, 2.05) is 6.92 Å². The van der Waals surface area contributed by atoms with E-state index in [0.29, 0.717) is 29.3 Å². The summed E-state index contributed by atoms with van der Waals surface area (Å²) >= 11 is 1.24. The van der Waals surface area contributed by atoms with Crippen LogP contribution in [0.25, 0.3) is 0 Å². The van der Waals surface area contributed by atoms with Gasteiger partial charge >= 0.3 is 0 Å². The molecule has 1 atom stereocenters. The first-order valence-corrected chi connectivity index (χ1v) is 10.3. The Morgan fingerprint density at radius 3 is 2.72 bits per heavy atom. The van der Waals surface area contributed by atoms with Gasteiger partial charge in [-0.05, 0) is 44.0 Å². The Labute approximate surface area is 151 Å². The minimum atomic E-state index is -3.57. The number of sulfonamides is 1. The van der Waals surface area contributed by atoms with Gasteiger partial charge in [-0.3, -0.25) is 4.79 Å². The number of para-hydroxylation sites is 2. The molecule has 3 rings (SSSR count). The summed E-state index contributed by atoms with van der Waals surface area (Å²) < 4.78 is 27.2. The summed E-state index contributed by atoms with van der Waals surface area (Å²) in [5, 5.41) is 12.5. The molecule has 0 radical (unpaired) electrons. The second-order valence-corrected chi connectivity index (χ2v) is 9.53. The zero-order chi connectivity index (χ0) is 18.0. The maximum Gasteiger partial charge on any atom is 0.252 e. The lowest BCUT2D eigenvalue weighted by molar-refractivity contribution is -0.120. The molecule has 2 N–H and O–H groups in total. The predicted molar refractivity (Wildman–Crippen MR) is 97.3 cm³/mol. The van der Waals surface area contributed by atoms with Gasteiger partial charge in [0.2, 0.25) is 5.91 Å². The Hall–Kier alpha value is -1.90. The zero-order valence-corrected chi connectivity index (χ0v) is 15.4. The molecule has 0 saturated carbocycles. The van der Waals surface area contributed by atoms with Crippen LogP contribution in [0.4, 0.5) is 5.69 Å². The van der Waals surface area contributed by atoms with E-state index in [4.69, 9.17) is 0 Å². The van der Waals surface area contributed by atoms with Crippen molar-refractivity contribution in [3.8, 4) is 5.75 Å². The molecule has 1 saturated heterocycles. The van der Waals surface area contributed by atoms with Crippen molar-refractivity contribution < 1.29 is 18.3 Å². The average molecular weight is 380 g/mol. The summed E-state index contributed by atoms with van der Waals surface area (Å²) in [6.07, 6.45) is 1.25. The molecule has 1 fully saturated rings. The summed E-state index contributed by atoms with van der Waals surface area (Å²) in [6.45, 7) is 2.43. The standard InChI is InChI=1S/C17H20N2O4S2/c1-12-8-9-16(24-12)25(22,23)19-10-4-5-13(11-19)17(21)18-14-6-2-3-7-15(14)20/h2-3,6-9,13,20H,4-5,10-11H2,1H3,(H,18,21). The molecular formula is C17H20N2O4S2. The summed E-state index contributed by atoms with van der Waals surface area (Å²) in [7, 11) is -3.57. The second-order valence-electron chi connectivity index (χ2n) is 6.07. The van der Waals surface area contributed by atoms with E-state index in [1.165, 1.54) is 21.7 Å². The molecule has 0 bridgehead atoms. The molecule has 2 heterocycles. The number of thiophene rings is 1. The number of rotatable bonds is 4. The molecular weight excluding hydrogens is 360 g/mol. The SMILES string of the molecule is Cc1ccc(S(=O)(=O)N2CCCC(C(=O)Nc3ccccc3O)C2)s1. The van der Waals surface area contributed by atoms with Crippen LogP contribution in [0.15, 0.2) is 40.6 Å². The Morgan fingerprint density at radius 2 is 2.04 bits per heavy atom. The third-order valence-electron chi connectivity index (χ3n) is 4.23. The van der Waals surface area contributed by atoms with Crippen molar-refractivity contribution in [2.45, 2.75) is 24.0 Å². The summed E-state index contributed by atoms with van der Waals surface area (Å²) in [4.78, 5) is 13.4. The zero-order valence-electron chi connectivity index (χ0n) is 13.8. The minimum Gasteiger partial charge on any atom is -0.506 e. The fourth-order valence-corrected chi connectivity index (χ4v) is 5.83. The van der Waals surface area contributed by atoms with Crippen molar-refractivity contribution in [2.75, 3.05) is 18.4 Å². The Morgan fingerprint density at radius 1 is 1.28 bits per heavy atom. The highest BCUT2D eigenvalue weighted by Crippen LogP contribution is 2.29. The number of phenolic OH excluding ortho intramolecular Hbond substituents is 1. The van der Waals surface area contributed by atoms with E-state index in [1.54, 1.807) is 30.3 Å². The Balaban J connectivity index is 1.73. The van der Waals surface area contributed by atoms with Gasteiger partial charge < -0.3 is 10.4 Å². The van der Waals surface area contributed by atoms with Crippen LogP contribution < -0.4 is 5.32 Å². The molecule has 1 aromatic carbocycles. The lowest BCUT2D eigenvalue weighted by Gasteiger charge is -2.30. The number of anilines is 1. The molecule has 6 nitrogen and oxygen atoms in total. The number of amides is 1. The molecule has 8 heteroatoms. The highest BCUT2D eigenvalue weighted by atomic mass is 32.2. The predicted octanol–water partition coefficient (Wildman–Crippen LogP) is 2.80. The van der Waals surface area contributed by atoms with E-state index in [-0.39, 0.29) is 18.2 Å². The summed E-state index contributed by atoms with van der Waals surface area (Å²) in [5.74, 6) is -0.724. The average Bonchev–Trinajstić information content (AvgIpc) is 3.04. The van der Waals surface area contributed by atoms with Gasteiger partial charge in [-0.1, -0.05) is 12.1 Å². The van der Waals surface area contributed by atoms with Crippen LogP contribution in [-0.2, 0) is 14.8 Å². The van der Waals surface area contributed by atoms with Gasteiger partial charge in [0.1, 0.15) is 9.96 Å². The number of benzene rings is 1. The monoisotopic (exact) mass is 380 g/mol. The molecule has 25 heavy (non-hydrogen) atoms. The van der Waals surface area contributed by atoms with Crippen molar-refractivity contribution in [1.29, 1.82) is 0 Å². The van der Waals surface area contributed by atoms with Gasteiger partial charge in [-0.25, -0.2) is 8.42 Å². The van der Waals surface area contributed by atoms with Crippen molar-refractivity contribution >= 4 is 33.0 Å². The molecule has 1 aromatic heterocycles.